The van der Waals surface area contributed by atoms with Gasteiger partial charge in [-0.1, -0.05) is 19.3 Å². The molecule has 0 aromatic heterocycles. The Labute approximate surface area is 116 Å². The highest BCUT2D eigenvalue weighted by Gasteiger charge is 2.17. The lowest BCUT2D eigenvalue weighted by Crippen LogP contribution is -2.32. The number of rotatable bonds is 7. The van der Waals surface area contributed by atoms with E-state index in [1.165, 1.54) is 38.5 Å². The van der Waals surface area contributed by atoms with Crippen molar-refractivity contribution in [3.63, 3.8) is 0 Å². The first-order valence-electron chi connectivity index (χ1n) is 7.96. The van der Waals surface area contributed by atoms with Crippen LogP contribution < -0.4 is 10.6 Å². The quantitative estimate of drug-likeness (QED) is 0.694. The van der Waals surface area contributed by atoms with Crippen molar-refractivity contribution in [1.82, 2.24) is 10.6 Å². The van der Waals surface area contributed by atoms with E-state index < -0.39 is 0 Å². The molecule has 0 aromatic carbocycles. The predicted octanol–water partition coefficient (Wildman–Crippen LogP) is 1.98. The summed E-state index contributed by atoms with van der Waals surface area (Å²) in [5.74, 6) is 0.178. The number of nitrogens with one attached hydrogen (secondary N) is 2. The van der Waals surface area contributed by atoms with Gasteiger partial charge < -0.3 is 15.4 Å². The van der Waals surface area contributed by atoms with Crippen LogP contribution in [0, 0.1) is 0 Å². The zero-order valence-electron chi connectivity index (χ0n) is 12.0. The van der Waals surface area contributed by atoms with Gasteiger partial charge >= 0.3 is 0 Å². The molecule has 1 atom stereocenters. The molecule has 2 N–H and O–H groups in total. The smallest absolute Gasteiger partial charge is 0.221 e. The Balaban J connectivity index is 1.43. The van der Waals surface area contributed by atoms with Gasteiger partial charge in [-0.3, -0.25) is 4.79 Å². The molecular weight excluding hydrogens is 240 g/mol. The summed E-state index contributed by atoms with van der Waals surface area (Å²) in [7, 11) is 0. The van der Waals surface area contributed by atoms with Crippen molar-refractivity contribution in [2.45, 2.75) is 69.9 Å². The summed E-state index contributed by atoms with van der Waals surface area (Å²) < 4.78 is 5.83. The largest absolute Gasteiger partial charge is 0.378 e. The van der Waals surface area contributed by atoms with E-state index in [4.69, 9.17) is 4.74 Å². The first kappa shape index (κ1) is 14.8. The van der Waals surface area contributed by atoms with Crippen LogP contribution in [-0.2, 0) is 9.53 Å². The minimum Gasteiger partial charge on any atom is -0.378 e. The van der Waals surface area contributed by atoms with E-state index in [-0.39, 0.29) is 5.91 Å². The van der Waals surface area contributed by atoms with Crippen molar-refractivity contribution in [2.24, 2.45) is 0 Å². The molecule has 1 saturated heterocycles. The molecule has 1 unspecified atom stereocenters. The van der Waals surface area contributed by atoms with Crippen LogP contribution in [0.25, 0.3) is 0 Å². The summed E-state index contributed by atoms with van der Waals surface area (Å²) >= 11 is 0. The normalized spacial score (nSPS) is 24.5. The van der Waals surface area contributed by atoms with Crippen LogP contribution in [0.2, 0.25) is 0 Å². The molecule has 110 valence electrons. The van der Waals surface area contributed by atoms with E-state index in [1.54, 1.807) is 0 Å². The molecule has 19 heavy (non-hydrogen) atoms. The molecule has 1 heterocycles. The Morgan fingerprint density at radius 3 is 2.74 bits per heavy atom. The Hall–Kier alpha value is -0.610. The average Bonchev–Trinajstić information content (AvgIpc) is 2.92. The lowest BCUT2D eigenvalue weighted by molar-refractivity contribution is -0.121. The summed E-state index contributed by atoms with van der Waals surface area (Å²) in [5, 5.41) is 6.33. The molecule has 2 aliphatic rings. The second-order valence-corrected chi connectivity index (χ2v) is 5.83. The van der Waals surface area contributed by atoms with E-state index >= 15 is 0 Å². The second-order valence-electron chi connectivity index (χ2n) is 5.83. The van der Waals surface area contributed by atoms with Gasteiger partial charge in [0.15, 0.2) is 0 Å². The number of hydrogen-bond acceptors (Lipinski definition) is 3. The fraction of sp³-hybridized carbons (Fsp3) is 0.933. The van der Waals surface area contributed by atoms with Gasteiger partial charge in [-0.25, -0.2) is 0 Å². The monoisotopic (exact) mass is 268 g/mol. The van der Waals surface area contributed by atoms with Crippen molar-refractivity contribution in [1.29, 1.82) is 0 Å². The summed E-state index contributed by atoms with van der Waals surface area (Å²) in [6.45, 7) is 2.60. The molecule has 2 rings (SSSR count). The summed E-state index contributed by atoms with van der Waals surface area (Å²) in [6.07, 6.45) is 10.8. The van der Waals surface area contributed by atoms with Gasteiger partial charge in [0.1, 0.15) is 0 Å². The number of ether oxygens (including phenoxy) is 1. The molecule has 2 fully saturated rings. The topological polar surface area (TPSA) is 50.4 Å². The Morgan fingerprint density at radius 2 is 2.00 bits per heavy atom. The molecule has 0 radical (unpaired) electrons. The Morgan fingerprint density at radius 1 is 1.16 bits per heavy atom. The molecule has 1 aliphatic heterocycles. The van der Waals surface area contributed by atoms with Gasteiger partial charge in [0, 0.05) is 25.6 Å². The zero-order valence-corrected chi connectivity index (χ0v) is 12.0. The molecule has 4 heteroatoms. The van der Waals surface area contributed by atoms with Crippen molar-refractivity contribution in [3.05, 3.63) is 0 Å². The first-order chi connectivity index (χ1) is 9.34. The van der Waals surface area contributed by atoms with Crippen LogP contribution in [0.4, 0.5) is 0 Å². The van der Waals surface area contributed by atoms with E-state index in [9.17, 15) is 4.79 Å². The maximum atomic E-state index is 11.7. The van der Waals surface area contributed by atoms with E-state index in [1.807, 2.05) is 0 Å². The van der Waals surface area contributed by atoms with E-state index in [2.05, 4.69) is 10.6 Å². The van der Waals surface area contributed by atoms with Gasteiger partial charge in [-0.15, -0.1) is 0 Å². The molecule has 0 aromatic rings. The van der Waals surface area contributed by atoms with Crippen LogP contribution in [0.1, 0.15) is 57.8 Å². The summed E-state index contributed by atoms with van der Waals surface area (Å²) in [5.41, 5.74) is 0. The Kier molecular flexibility index (Phi) is 6.65. The van der Waals surface area contributed by atoms with Crippen LogP contribution in [-0.4, -0.2) is 37.7 Å². The number of carbonyl (C=O) groups is 1. The van der Waals surface area contributed by atoms with Crippen molar-refractivity contribution in [3.8, 4) is 0 Å². The third kappa shape index (κ3) is 5.91. The second kappa shape index (κ2) is 8.54. The maximum Gasteiger partial charge on any atom is 0.221 e. The SMILES string of the molecule is O=C(CC1CCCN1)NCCCOC1CCCCC1. The number of amides is 1. The van der Waals surface area contributed by atoms with Gasteiger partial charge in [0.05, 0.1) is 6.10 Å². The van der Waals surface area contributed by atoms with Crippen molar-refractivity contribution < 1.29 is 9.53 Å². The average molecular weight is 268 g/mol. The third-order valence-electron chi connectivity index (χ3n) is 4.14. The maximum absolute atomic E-state index is 11.7. The highest BCUT2D eigenvalue weighted by molar-refractivity contribution is 5.76. The van der Waals surface area contributed by atoms with Crippen LogP contribution >= 0.6 is 0 Å². The lowest BCUT2D eigenvalue weighted by atomic mass is 9.98. The van der Waals surface area contributed by atoms with Gasteiger partial charge in [-0.05, 0) is 38.6 Å². The van der Waals surface area contributed by atoms with E-state index in [0.29, 0.717) is 18.6 Å². The molecule has 1 saturated carbocycles. The predicted molar refractivity (Wildman–Crippen MR) is 76.1 cm³/mol. The highest BCUT2D eigenvalue weighted by Crippen LogP contribution is 2.20. The standard InChI is InChI=1S/C15H28N2O2/c18-15(12-13-6-4-9-16-13)17-10-5-11-19-14-7-2-1-3-8-14/h13-14,16H,1-12H2,(H,17,18). The minimum atomic E-state index is 0.178. The van der Waals surface area contributed by atoms with Crippen molar-refractivity contribution in [2.75, 3.05) is 19.7 Å². The van der Waals surface area contributed by atoms with Gasteiger partial charge in [0.25, 0.3) is 0 Å². The summed E-state index contributed by atoms with van der Waals surface area (Å²) in [6, 6.07) is 0.401. The van der Waals surface area contributed by atoms with E-state index in [0.717, 1.165) is 32.5 Å². The first-order valence-corrected chi connectivity index (χ1v) is 7.96. The summed E-state index contributed by atoms with van der Waals surface area (Å²) in [4.78, 5) is 11.7. The molecule has 0 bridgehead atoms. The fourth-order valence-electron chi connectivity index (χ4n) is 3.01. The van der Waals surface area contributed by atoms with Gasteiger partial charge in [0.2, 0.25) is 5.91 Å². The molecule has 1 amide bonds. The number of hydrogen-bond donors (Lipinski definition) is 2. The fourth-order valence-corrected chi connectivity index (χ4v) is 3.01. The minimum absolute atomic E-state index is 0.178. The highest BCUT2D eigenvalue weighted by atomic mass is 16.5. The molecular formula is C15H28N2O2. The van der Waals surface area contributed by atoms with Crippen LogP contribution in [0.15, 0.2) is 0 Å². The van der Waals surface area contributed by atoms with Crippen LogP contribution in [0.3, 0.4) is 0 Å². The molecule has 1 aliphatic carbocycles. The van der Waals surface area contributed by atoms with Gasteiger partial charge in [-0.2, -0.15) is 0 Å². The lowest BCUT2D eigenvalue weighted by Gasteiger charge is -2.21. The molecule has 4 nitrogen and oxygen atoms in total. The molecule has 0 spiro atoms. The Bertz CT molecular complexity index is 259. The number of carbonyl (C=O) groups excluding carboxylic acids is 1. The third-order valence-corrected chi connectivity index (χ3v) is 4.14. The van der Waals surface area contributed by atoms with Crippen molar-refractivity contribution >= 4 is 5.91 Å². The van der Waals surface area contributed by atoms with Crippen LogP contribution in [0.5, 0.6) is 0 Å². The zero-order chi connectivity index (χ0) is 13.3.